The number of hydrogen-bond acceptors (Lipinski definition) is 5. The Labute approximate surface area is 107 Å². The molecule has 1 aromatic carbocycles. The van der Waals surface area contributed by atoms with Crippen LogP contribution in [0.5, 0.6) is 5.75 Å². The molecular formula is C12H10O3S2. The summed E-state index contributed by atoms with van der Waals surface area (Å²) in [6, 6.07) is 11.3. The van der Waals surface area contributed by atoms with E-state index in [0.717, 1.165) is 9.10 Å². The zero-order chi connectivity index (χ0) is 12.3. The maximum absolute atomic E-state index is 11.3. The van der Waals surface area contributed by atoms with Gasteiger partial charge in [-0.2, -0.15) is 0 Å². The lowest BCUT2D eigenvalue weighted by atomic mass is 10.4. The van der Waals surface area contributed by atoms with Crippen molar-refractivity contribution < 1.29 is 14.6 Å². The predicted molar refractivity (Wildman–Crippen MR) is 67.9 cm³/mol. The molecule has 5 heteroatoms. The van der Waals surface area contributed by atoms with E-state index in [-0.39, 0.29) is 10.6 Å². The molecule has 0 spiro atoms. The van der Waals surface area contributed by atoms with E-state index in [1.165, 1.54) is 30.2 Å². The third-order valence-corrected chi connectivity index (χ3v) is 4.25. The van der Waals surface area contributed by atoms with Crippen LogP contribution in [0.1, 0.15) is 9.67 Å². The van der Waals surface area contributed by atoms with E-state index in [0.29, 0.717) is 0 Å². The zero-order valence-electron chi connectivity index (χ0n) is 9.04. The van der Waals surface area contributed by atoms with Crippen LogP contribution < -0.4 is 0 Å². The van der Waals surface area contributed by atoms with Crippen molar-refractivity contribution in [3.8, 4) is 5.75 Å². The van der Waals surface area contributed by atoms with Crippen molar-refractivity contribution >= 4 is 29.1 Å². The first-order valence-electron chi connectivity index (χ1n) is 4.84. The van der Waals surface area contributed by atoms with Gasteiger partial charge in [0.1, 0.15) is 5.75 Å². The maximum atomic E-state index is 11.3. The molecule has 0 atom stereocenters. The zero-order valence-corrected chi connectivity index (χ0v) is 10.7. The lowest BCUT2D eigenvalue weighted by Gasteiger charge is -1.96. The Bertz CT molecular complexity index is 520. The van der Waals surface area contributed by atoms with Gasteiger partial charge in [0.15, 0.2) is 4.88 Å². The fourth-order valence-electron chi connectivity index (χ4n) is 1.25. The minimum Gasteiger partial charge on any atom is -0.506 e. The van der Waals surface area contributed by atoms with Crippen molar-refractivity contribution in [3.63, 3.8) is 0 Å². The standard InChI is InChI=1S/C12H10O3S2/c1-15-12(14)11-9(13)7-10(17-11)16-8-5-3-2-4-6-8/h2-7,13H,1H3. The molecule has 88 valence electrons. The molecule has 0 fully saturated rings. The second-order valence-electron chi connectivity index (χ2n) is 3.19. The number of hydrogen-bond donors (Lipinski definition) is 1. The summed E-state index contributed by atoms with van der Waals surface area (Å²) >= 11 is 2.73. The molecule has 1 aromatic heterocycles. The molecule has 0 aliphatic carbocycles. The fraction of sp³-hybridized carbons (Fsp3) is 0.0833. The minimum absolute atomic E-state index is 0.0275. The first-order chi connectivity index (χ1) is 8.20. The highest BCUT2D eigenvalue weighted by molar-refractivity contribution is 8.01. The molecule has 1 heterocycles. The van der Waals surface area contributed by atoms with E-state index < -0.39 is 5.97 Å². The van der Waals surface area contributed by atoms with Crippen LogP contribution in [0.2, 0.25) is 0 Å². The van der Waals surface area contributed by atoms with Crippen molar-refractivity contribution in [2.75, 3.05) is 7.11 Å². The van der Waals surface area contributed by atoms with Crippen LogP contribution in [0.3, 0.4) is 0 Å². The molecule has 3 nitrogen and oxygen atoms in total. The van der Waals surface area contributed by atoms with Gasteiger partial charge in [0.25, 0.3) is 0 Å². The molecule has 2 rings (SSSR count). The average Bonchev–Trinajstić information content (AvgIpc) is 2.70. The highest BCUT2D eigenvalue weighted by Gasteiger charge is 2.16. The molecule has 0 aliphatic heterocycles. The predicted octanol–water partition coefficient (Wildman–Crippen LogP) is 3.39. The fourth-order valence-corrected chi connectivity index (χ4v) is 3.36. The SMILES string of the molecule is COC(=O)c1sc(Sc2ccccc2)cc1O. The quantitative estimate of drug-likeness (QED) is 0.865. The summed E-state index contributed by atoms with van der Waals surface area (Å²) in [5, 5.41) is 9.61. The van der Waals surface area contributed by atoms with Crippen LogP contribution in [0.4, 0.5) is 0 Å². The van der Waals surface area contributed by atoms with Crippen LogP contribution in [0, 0.1) is 0 Å². The number of ether oxygens (including phenoxy) is 1. The number of carbonyl (C=O) groups is 1. The number of rotatable bonds is 3. The van der Waals surface area contributed by atoms with E-state index >= 15 is 0 Å². The Morgan fingerprint density at radius 1 is 1.35 bits per heavy atom. The van der Waals surface area contributed by atoms with Gasteiger partial charge in [0, 0.05) is 11.0 Å². The third kappa shape index (κ3) is 2.81. The van der Waals surface area contributed by atoms with Crippen LogP contribution in [-0.2, 0) is 4.74 Å². The second-order valence-corrected chi connectivity index (χ2v) is 5.61. The number of esters is 1. The van der Waals surface area contributed by atoms with Gasteiger partial charge in [-0.25, -0.2) is 4.79 Å². The molecule has 0 saturated carbocycles. The smallest absolute Gasteiger partial charge is 0.351 e. The molecule has 0 amide bonds. The molecular weight excluding hydrogens is 256 g/mol. The molecule has 0 bridgehead atoms. The van der Waals surface area contributed by atoms with Gasteiger partial charge >= 0.3 is 5.97 Å². The number of thiophene rings is 1. The molecule has 0 unspecified atom stereocenters. The topological polar surface area (TPSA) is 46.5 Å². The molecule has 0 radical (unpaired) electrons. The average molecular weight is 266 g/mol. The summed E-state index contributed by atoms with van der Waals surface area (Å²) in [6.07, 6.45) is 0. The van der Waals surface area contributed by atoms with Crippen molar-refractivity contribution in [1.82, 2.24) is 0 Å². The Kier molecular flexibility index (Phi) is 3.71. The molecule has 1 N–H and O–H groups in total. The van der Waals surface area contributed by atoms with Crippen molar-refractivity contribution in [3.05, 3.63) is 41.3 Å². The van der Waals surface area contributed by atoms with Gasteiger partial charge in [-0.3, -0.25) is 0 Å². The molecule has 0 aliphatic rings. The number of aromatic hydroxyl groups is 1. The lowest BCUT2D eigenvalue weighted by Crippen LogP contribution is -1.97. The van der Waals surface area contributed by atoms with E-state index in [9.17, 15) is 9.90 Å². The van der Waals surface area contributed by atoms with Crippen molar-refractivity contribution in [2.45, 2.75) is 9.10 Å². The number of benzene rings is 1. The van der Waals surface area contributed by atoms with Gasteiger partial charge in [0.05, 0.1) is 11.3 Å². The summed E-state index contributed by atoms with van der Waals surface area (Å²) in [6.45, 7) is 0. The Morgan fingerprint density at radius 3 is 2.71 bits per heavy atom. The van der Waals surface area contributed by atoms with E-state index in [2.05, 4.69) is 4.74 Å². The van der Waals surface area contributed by atoms with E-state index in [1.54, 1.807) is 6.07 Å². The van der Waals surface area contributed by atoms with Gasteiger partial charge < -0.3 is 9.84 Å². The van der Waals surface area contributed by atoms with Gasteiger partial charge in [-0.1, -0.05) is 30.0 Å². The largest absolute Gasteiger partial charge is 0.506 e. The van der Waals surface area contributed by atoms with Gasteiger partial charge in [-0.05, 0) is 12.1 Å². The van der Waals surface area contributed by atoms with Crippen LogP contribution in [0.15, 0.2) is 45.5 Å². The Hall–Kier alpha value is -1.46. The maximum Gasteiger partial charge on any atom is 0.351 e. The van der Waals surface area contributed by atoms with Gasteiger partial charge in [-0.15, -0.1) is 11.3 Å². The first-order valence-corrected chi connectivity index (χ1v) is 6.48. The highest BCUT2D eigenvalue weighted by atomic mass is 32.2. The van der Waals surface area contributed by atoms with Crippen molar-refractivity contribution in [1.29, 1.82) is 0 Å². The monoisotopic (exact) mass is 266 g/mol. The van der Waals surface area contributed by atoms with E-state index in [4.69, 9.17) is 0 Å². The molecule has 17 heavy (non-hydrogen) atoms. The molecule has 0 saturated heterocycles. The summed E-state index contributed by atoms with van der Waals surface area (Å²) in [5.74, 6) is -0.535. The highest BCUT2D eigenvalue weighted by Crippen LogP contribution is 2.38. The Balaban J connectivity index is 2.21. The minimum atomic E-state index is -0.507. The number of carbonyl (C=O) groups excluding carboxylic acids is 1. The number of methoxy groups -OCH3 is 1. The van der Waals surface area contributed by atoms with Crippen molar-refractivity contribution in [2.24, 2.45) is 0 Å². The first kappa shape index (κ1) is 12.0. The summed E-state index contributed by atoms with van der Waals surface area (Å²) in [7, 11) is 1.30. The summed E-state index contributed by atoms with van der Waals surface area (Å²) < 4.78 is 5.44. The van der Waals surface area contributed by atoms with Gasteiger partial charge in [0.2, 0.25) is 0 Å². The van der Waals surface area contributed by atoms with E-state index in [1.807, 2.05) is 30.3 Å². The summed E-state index contributed by atoms with van der Waals surface area (Å²) in [5.41, 5.74) is 0. The second kappa shape index (κ2) is 5.25. The third-order valence-electron chi connectivity index (χ3n) is 2.02. The Morgan fingerprint density at radius 2 is 2.06 bits per heavy atom. The molecule has 2 aromatic rings. The van der Waals surface area contributed by atoms with Crippen LogP contribution >= 0.6 is 23.1 Å². The van der Waals surface area contributed by atoms with Crippen LogP contribution in [-0.4, -0.2) is 18.2 Å². The van der Waals surface area contributed by atoms with Crippen LogP contribution in [0.25, 0.3) is 0 Å². The normalized spacial score (nSPS) is 10.2. The lowest BCUT2D eigenvalue weighted by molar-refractivity contribution is 0.0603. The summed E-state index contributed by atoms with van der Waals surface area (Å²) in [4.78, 5) is 12.6.